The number of hydrogen-bond donors (Lipinski definition) is 2. The van der Waals surface area contributed by atoms with Crippen LogP contribution in [-0.2, 0) is 20.9 Å². The molecule has 0 aliphatic carbocycles. The first-order valence-electron chi connectivity index (χ1n) is 7.78. The van der Waals surface area contributed by atoms with Crippen molar-refractivity contribution in [2.75, 3.05) is 0 Å². The Bertz CT molecular complexity index is 622. The number of ether oxygens (including phenoxy) is 1. The fourth-order valence-corrected chi connectivity index (χ4v) is 1.82. The summed E-state index contributed by atoms with van der Waals surface area (Å²) in [7, 11) is 0. The van der Waals surface area contributed by atoms with Crippen molar-refractivity contribution in [2.24, 2.45) is 10.6 Å². The van der Waals surface area contributed by atoms with Gasteiger partial charge < -0.3 is 20.2 Å². The van der Waals surface area contributed by atoms with Gasteiger partial charge in [-0.05, 0) is 35.2 Å². The molecule has 0 radical (unpaired) electrons. The third-order valence-corrected chi connectivity index (χ3v) is 3.51. The van der Waals surface area contributed by atoms with Gasteiger partial charge in [-0.2, -0.15) is 0 Å². The van der Waals surface area contributed by atoms with Crippen molar-refractivity contribution in [3.8, 4) is 0 Å². The van der Waals surface area contributed by atoms with Crippen molar-refractivity contribution in [1.82, 2.24) is 10.6 Å². The minimum Gasteiger partial charge on any atom is -0.445 e. The number of alkyl carbamates (subject to hydrolysis) is 1. The maximum absolute atomic E-state index is 12.1. The molecule has 2 N–H and O–H groups in total. The average molecular weight is 349 g/mol. The lowest BCUT2D eigenvalue weighted by molar-refractivity contribution is -0.126. The molecule has 0 unspecified atom stereocenters. The average Bonchev–Trinajstić information content (AvgIpc) is 2.56. The van der Waals surface area contributed by atoms with E-state index in [1.807, 2.05) is 20.8 Å². The first-order valence-corrected chi connectivity index (χ1v) is 7.78. The lowest BCUT2D eigenvalue weighted by Gasteiger charge is -2.27. The Kier molecular flexibility index (Phi) is 7.22. The van der Waals surface area contributed by atoms with Crippen LogP contribution in [0.5, 0.6) is 0 Å². The van der Waals surface area contributed by atoms with E-state index in [0.29, 0.717) is 11.8 Å². The van der Waals surface area contributed by atoms with Gasteiger partial charge in [0.05, 0.1) is 6.04 Å². The second-order valence-corrected chi connectivity index (χ2v) is 6.69. The summed E-state index contributed by atoms with van der Waals surface area (Å²) in [5.74, 6) is -0.481. The highest BCUT2D eigenvalue weighted by atomic mass is 16.5. The van der Waals surface area contributed by atoms with E-state index >= 15 is 0 Å². The van der Waals surface area contributed by atoms with Crippen LogP contribution in [0.15, 0.2) is 29.4 Å². The molecule has 25 heavy (non-hydrogen) atoms. The van der Waals surface area contributed by atoms with Crippen molar-refractivity contribution in [2.45, 2.75) is 46.4 Å². The van der Waals surface area contributed by atoms with Crippen molar-refractivity contribution < 1.29 is 19.1 Å². The lowest BCUT2D eigenvalue weighted by Crippen LogP contribution is -2.52. The third-order valence-electron chi connectivity index (χ3n) is 3.51. The molecular formula is C17H23N3O5. The van der Waals surface area contributed by atoms with Crippen LogP contribution in [0.3, 0.4) is 0 Å². The van der Waals surface area contributed by atoms with Crippen LogP contribution in [0.4, 0.5) is 10.5 Å². The quantitative estimate of drug-likeness (QED) is 0.579. The number of benzene rings is 1. The number of nitroso groups, excluding NO2 is 1. The molecule has 2 atom stereocenters. The van der Waals surface area contributed by atoms with Crippen LogP contribution >= 0.6 is 0 Å². The summed E-state index contributed by atoms with van der Waals surface area (Å²) in [6.07, 6.45) is -0.0977. The summed E-state index contributed by atoms with van der Waals surface area (Å²) in [5.41, 5.74) is 0.524. The molecule has 8 nitrogen and oxygen atoms in total. The Morgan fingerprint density at radius 1 is 1.20 bits per heavy atom. The van der Waals surface area contributed by atoms with Gasteiger partial charge in [-0.15, -0.1) is 4.91 Å². The predicted octanol–water partition coefficient (Wildman–Crippen LogP) is 2.43. The maximum Gasteiger partial charge on any atom is 0.408 e. The Morgan fingerprint density at radius 3 is 2.28 bits per heavy atom. The minimum atomic E-state index is -0.862. The van der Waals surface area contributed by atoms with Crippen molar-refractivity contribution in [1.29, 1.82) is 0 Å². The largest absolute Gasteiger partial charge is 0.445 e. The van der Waals surface area contributed by atoms with E-state index < -0.39 is 29.5 Å². The number of carbonyl (C=O) groups excluding carboxylic acids is 3. The standard InChI is InChI=1S/C17H23N3O5/c1-11(15(22)19-14(9-21)17(2,3)4)18-16(23)25-10-12-5-7-13(20-24)8-6-12/h5-9,11,14H,10H2,1-4H3,(H,18,23)(H,19,22)/t11-,14+/m0/s1. The summed E-state index contributed by atoms with van der Waals surface area (Å²) in [4.78, 5) is 45.2. The highest BCUT2D eigenvalue weighted by Crippen LogP contribution is 2.17. The molecule has 0 fully saturated rings. The van der Waals surface area contributed by atoms with Gasteiger partial charge in [0.1, 0.15) is 24.6 Å². The van der Waals surface area contributed by atoms with Gasteiger partial charge in [0.25, 0.3) is 0 Å². The van der Waals surface area contributed by atoms with Crippen LogP contribution in [0.2, 0.25) is 0 Å². The second-order valence-electron chi connectivity index (χ2n) is 6.69. The van der Waals surface area contributed by atoms with E-state index in [4.69, 9.17) is 4.74 Å². The van der Waals surface area contributed by atoms with Crippen molar-refractivity contribution in [3.05, 3.63) is 34.7 Å². The summed E-state index contributed by atoms with van der Waals surface area (Å²) in [6, 6.07) is 4.71. The molecule has 1 aromatic carbocycles. The topological polar surface area (TPSA) is 114 Å². The Labute approximate surface area is 146 Å². The summed E-state index contributed by atoms with van der Waals surface area (Å²) in [6.45, 7) is 6.95. The molecule has 0 saturated carbocycles. The molecule has 0 saturated heterocycles. The van der Waals surface area contributed by atoms with E-state index in [1.165, 1.54) is 19.1 Å². The zero-order valence-corrected chi connectivity index (χ0v) is 14.7. The molecule has 0 aliphatic heterocycles. The van der Waals surface area contributed by atoms with E-state index in [1.54, 1.807) is 12.1 Å². The van der Waals surface area contributed by atoms with Crippen molar-refractivity contribution >= 4 is 24.0 Å². The fourth-order valence-electron chi connectivity index (χ4n) is 1.82. The summed E-state index contributed by atoms with van der Waals surface area (Å²) >= 11 is 0. The molecule has 2 amide bonds. The smallest absolute Gasteiger partial charge is 0.408 e. The van der Waals surface area contributed by atoms with E-state index in [2.05, 4.69) is 15.8 Å². The monoisotopic (exact) mass is 349 g/mol. The van der Waals surface area contributed by atoms with Crippen molar-refractivity contribution in [3.63, 3.8) is 0 Å². The van der Waals surface area contributed by atoms with Crippen LogP contribution < -0.4 is 10.6 Å². The van der Waals surface area contributed by atoms with Gasteiger partial charge in [-0.1, -0.05) is 32.9 Å². The summed E-state index contributed by atoms with van der Waals surface area (Å²) in [5, 5.41) is 7.75. The molecule has 1 aromatic rings. The van der Waals surface area contributed by atoms with Gasteiger partial charge in [-0.3, -0.25) is 4.79 Å². The molecule has 136 valence electrons. The Hall–Kier alpha value is -2.77. The molecule has 8 heteroatoms. The molecule has 0 aliphatic rings. The molecule has 0 bridgehead atoms. The predicted molar refractivity (Wildman–Crippen MR) is 92.1 cm³/mol. The van der Waals surface area contributed by atoms with Gasteiger partial charge in [-0.25, -0.2) is 4.79 Å². The van der Waals surface area contributed by atoms with Gasteiger partial charge in [0, 0.05) is 0 Å². The molecule has 0 heterocycles. The van der Waals surface area contributed by atoms with Gasteiger partial charge in [0.2, 0.25) is 5.91 Å². The first-order chi connectivity index (χ1) is 11.7. The third kappa shape index (κ3) is 6.70. The highest BCUT2D eigenvalue weighted by molar-refractivity contribution is 5.87. The summed E-state index contributed by atoms with van der Waals surface area (Å²) < 4.78 is 5.01. The SMILES string of the molecule is C[C@H](NC(=O)OCc1ccc(N=O)cc1)C(=O)N[C@H](C=O)C(C)(C)C. The number of aldehydes is 1. The Balaban J connectivity index is 2.48. The molecule has 1 rings (SSSR count). The zero-order chi connectivity index (χ0) is 19.0. The lowest BCUT2D eigenvalue weighted by atomic mass is 9.87. The van der Waals surface area contributed by atoms with Gasteiger partial charge >= 0.3 is 6.09 Å². The van der Waals surface area contributed by atoms with Crippen LogP contribution in [0.1, 0.15) is 33.3 Å². The van der Waals surface area contributed by atoms with Crippen LogP contribution in [0, 0.1) is 10.3 Å². The molecular weight excluding hydrogens is 326 g/mol. The molecule has 0 spiro atoms. The number of nitrogens with one attached hydrogen (secondary N) is 2. The van der Waals surface area contributed by atoms with Gasteiger partial charge in [0.15, 0.2) is 0 Å². The highest BCUT2D eigenvalue weighted by Gasteiger charge is 2.28. The Morgan fingerprint density at radius 2 is 1.80 bits per heavy atom. The number of amides is 2. The normalized spacial score (nSPS) is 13.3. The van der Waals surface area contributed by atoms with E-state index in [0.717, 1.165) is 0 Å². The second kappa shape index (κ2) is 8.91. The minimum absolute atomic E-state index is 0.0156. The number of carbonyl (C=O) groups is 3. The fraction of sp³-hybridized carbons (Fsp3) is 0.471. The maximum atomic E-state index is 12.1. The number of nitrogens with zero attached hydrogens (tertiary/aromatic N) is 1. The van der Waals surface area contributed by atoms with E-state index in [9.17, 15) is 19.3 Å². The number of hydrogen-bond acceptors (Lipinski definition) is 6. The van der Waals surface area contributed by atoms with E-state index in [-0.39, 0.29) is 12.3 Å². The first kappa shape index (κ1) is 20.3. The van der Waals surface area contributed by atoms with Crippen LogP contribution in [0.25, 0.3) is 0 Å². The van der Waals surface area contributed by atoms with Crippen LogP contribution in [-0.4, -0.2) is 30.4 Å². The zero-order valence-electron chi connectivity index (χ0n) is 14.7. The number of rotatable bonds is 7. The molecule has 0 aromatic heterocycles.